The minimum Gasteiger partial charge on any atom is -0.348 e. The number of rotatable bonds is 6. The third kappa shape index (κ3) is 5.12. The molecule has 0 radical (unpaired) electrons. The van der Waals surface area contributed by atoms with Crippen molar-refractivity contribution in [3.8, 4) is 0 Å². The second-order valence-corrected chi connectivity index (χ2v) is 10.1. The SMILES string of the molecule is Cc1ccc(C(=O)NCc2ccccc2F)c(C2CCN(S(=O)(=O)c3ccccc3)CC2)n1. The molecule has 0 aliphatic carbocycles. The van der Waals surface area contributed by atoms with E-state index in [1.165, 1.54) is 10.4 Å². The third-order valence-corrected chi connectivity index (χ3v) is 7.84. The van der Waals surface area contributed by atoms with E-state index in [1.807, 2.05) is 6.92 Å². The fourth-order valence-electron chi connectivity index (χ4n) is 4.10. The molecule has 1 fully saturated rings. The molecular weight excluding hydrogens is 441 g/mol. The van der Waals surface area contributed by atoms with Gasteiger partial charge in [0.05, 0.1) is 16.2 Å². The molecule has 4 rings (SSSR count). The maximum Gasteiger partial charge on any atom is 0.253 e. The van der Waals surface area contributed by atoms with Crippen LogP contribution in [0.1, 0.15) is 46.1 Å². The number of halogens is 1. The van der Waals surface area contributed by atoms with E-state index in [0.717, 1.165) is 5.69 Å². The Balaban J connectivity index is 1.48. The van der Waals surface area contributed by atoms with Gasteiger partial charge in [-0.15, -0.1) is 0 Å². The first kappa shape index (κ1) is 23.1. The van der Waals surface area contributed by atoms with Gasteiger partial charge < -0.3 is 5.32 Å². The first-order valence-electron chi connectivity index (χ1n) is 10.9. The molecule has 8 heteroatoms. The van der Waals surface area contributed by atoms with E-state index in [1.54, 1.807) is 60.7 Å². The van der Waals surface area contributed by atoms with Crippen LogP contribution in [0.4, 0.5) is 4.39 Å². The number of piperidine rings is 1. The predicted molar refractivity (Wildman–Crippen MR) is 124 cm³/mol. The summed E-state index contributed by atoms with van der Waals surface area (Å²) in [6, 6.07) is 18.2. The van der Waals surface area contributed by atoms with Gasteiger partial charge in [-0.25, -0.2) is 12.8 Å². The van der Waals surface area contributed by atoms with Crippen molar-refractivity contribution < 1.29 is 17.6 Å². The summed E-state index contributed by atoms with van der Waals surface area (Å²) in [7, 11) is -3.55. The fourth-order valence-corrected chi connectivity index (χ4v) is 5.59. The van der Waals surface area contributed by atoms with Crippen molar-refractivity contribution >= 4 is 15.9 Å². The highest BCUT2D eigenvalue weighted by Crippen LogP contribution is 2.32. The Bertz CT molecular complexity index is 1240. The monoisotopic (exact) mass is 467 g/mol. The zero-order valence-electron chi connectivity index (χ0n) is 18.4. The summed E-state index contributed by atoms with van der Waals surface area (Å²) in [5.41, 5.74) is 2.31. The molecule has 6 nitrogen and oxygen atoms in total. The number of carbonyl (C=O) groups excluding carboxylic acids is 1. The largest absolute Gasteiger partial charge is 0.348 e. The average Bonchev–Trinajstić information content (AvgIpc) is 2.84. The Morgan fingerprint density at radius 1 is 1.03 bits per heavy atom. The molecule has 1 N–H and O–H groups in total. The summed E-state index contributed by atoms with van der Waals surface area (Å²) < 4.78 is 41.2. The van der Waals surface area contributed by atoms with Gasteiger partial charge >= 0.3 is 0 Å². The van der Waals surface area contributed by atoms with E-state index in [-0.39, 0.29) is 29.1 Å². The van der Waals surface area contributed by atoms with Gasteiger partial charge in [-0.1, -0.05) is 36.4 Å². The Hall–Kier alpha value is -3.10. The summed E-state index contributed by atoms with van der Waals surface area (Å²) in [5.74, 6) is -0.728. The molecule has 0 saturated carbocycles. The van der Waals surface area contributed by atoms with E-state index in [4.69, 9.17) is 0 Å². The fraction of sp³-hybridized carbons (Fsp3) is 0.280. The van der Waals surface area contributed by atoms with Gasteiger partial charge in [0, 0.05) is 36.8 Å². The van der Waals surface area contributed by atoms with Crippen LogP contribution in [0.5, 0.6) is 0 Å². The van der Waals surface area contributed by atoms with Crippen molar-refractivity contribution in [1.29, 1.82) is 0 Å². The van der Waals surface area contributed by atoms with Crippen molar-refractivity contribution in [1.82, 2.24) is 14.6 Å². The quantitative estimate of drug-likeness (QED) is 0.594. The van der Waals surface area contributed by atoms with Crippen LogP contribution in [0, 0.1) is 12.7 Å². The minimum atomic E-state index is -3.55. The lowest BCUT2D eigenvalue weighted by atomic mass is 9.90. The van der Waals surface area contributed by atoms with Crippen molar-refractivity contribution in [3.63, 3.8) is 0 Å². The topological polar surface area (TPSA) is 79.4 Å². The van der Waals surface area contributed by atoms with Crippen molar-refractivity contribution in [2.24, 2.45) is 0 Å². The van der Waals surface area contributed by atoms with Crippen LogP contribution in [0.25, 0.3) is 0 Å². The molecule has 1 saturated heterocycles. The minimum absolute atomic E-state index is 0.0404. The van der Waals surface area contributed by atoms with Gasteiger partial charge in [0.15, 0.2) is 0 Å². The molecule has 1 aliphatic rings. The molecule has 33 heavy (non-hydrogen) atoms. The Kier molecular flexibility index (Phi) is 6.85. The molecule has 172 valence electrons. The molecule has 3 aromatic rings. The zero-order chi connectivity index (χ0) is 23.4. The normalized spacial score (nSPS) is 15.3. The van der Waals surface area contributed by atoms with Crippen LogP contribution in [0.15, 0.2) is 71.6 Å². The number of benzene rings is 2. The summed E-state index contributed by atoms with van der Waals surface area (Å²) >= 11 is 0. The number of amides is 1. The highest BCUT2D eigenvalue weighted by molar-refractivity contribution is 7.89. The second-order valence-electron chi connectivity index (χ2n) is 8.15. The summed E-state index contributed by atoms with van der Waals surface area (Å²) in [4.78, 5) is 17.8. The van der Waals surface area contributed by atoms with Crippen molar-refractivity contribution in [3.05, 3.63) is 95.1 Å². The van der Waals surface area contributed by atoms with Gasteiger partial charge in [-0.2, -0.15) is 4.31 Å². The second kappa shape index (κ2) is 9.80. The Morgan fingerprint density at radius 3 is 2.39 bits per heavy atom. The molecule has 0 spiro atoms. The van der Waals surface area contributed by atoms with E-state index >= 15 is 0 Å². The van der Waals surface area contributed by atoms with Crippen molar-refractivity contribution in [2.75, 3.05) is 13.1 Å². The van der Waals surface area contributed by atoms with E-state index < -0.39 is 10.0 Å². The van der Waals surface area contributed by atoms with Crippen LogP contribution < -0.4 is 5.32 Å². The highest BCUT2D eigenvalue weighted by Gasteiger charge is 2.32. The molecular formula is C25H26FN3O3S. The predicted octanol–water partition coefficient (Wildman–Crippen LogP) is 4.03. The lowest BCUT2D eigenvalue weighted by molar-refractivity contribution is 0.0948. The van der Waals surface area contributed by atoms with E-state index in [2.05, 4.69) is 10.3 Å². The van der Waals surface area contributed by atoms with Crippen molar-refractivity contribution in [2.45, 2.75) is 37.1 Å². The van der Waals surface area contributed by atoms with Gasteiger partial charge in [0.2, 0.25) is 10.0 Å². The molecule has 0 bridgehead atoms. The molecule has 2 aromatic carbocycles. The first-order valence-corrected chi connectivity index (χ1v) is 12.3. The lowest BCUT2D eigenvalue weighted by Gasteiger charge is -2.31. The molecule has 1 aromatic heterocycles. The number of aryl methyl sites for hydroxylation is 1. The molecule has 0 unspecified atom stereocenters. The smallest absolute Gasteiger partial charge is 0.253 e. The average molecular weight is 468 g/mol. The van der Waals surface area contributed by atoms with Crippen LogP contribution >= 0.6 is 0 Å². The van der Waals surface area contributed by atoms with Gasteiger partial charge in [0.25, 0.3) is 5.91 Å². The van der Waals surface area contributed by atoms with Crippen LogP contribution in [-0.2, 0) is 16.6 Å². The summed E-state index contributed by atoms with van der Waals surface area (Å²) in [6.07, 6.45) is 1.13. The Labute approximate surface area is 193 Å². The molecule has 0 atom stereocenters. The van der Waals surface area contributed by atoms with Crippen LogP contribution in [0.3, 0.4) is 0 Å². The Morgan fingerprint density at radius 2 is 1.70 bits per heavy atom. The first-order chi connectivity index (χ1) is 15.9. The molecule has 2 heterocycles. The number of nitrogens with zero attached hydrogens (tertiary/aromatic N) is 2. The molecule has 1 aliphatic heterocycles. The number of aromatic nitrogens is 1. The zero-order valence-corrected chi connectivity index (χ0v) is 19.2. The van der Waals surface area contributed by atoms with E-state index in [9.17, 15) is 17.6 Å². The van der Waals surface area contributed by atoms with Gasteiger partial charge in [-0.05, 0) is 50.1 Å². The lowest BCUT2D eigenvalue weighted by Crippen LogP contribution is -2.38. The van der Waals surface area contributed by atoms with E-state index in [0.29, 0.717) is 42.8 Å². The summed E-state index contributed by atoms with van der Waals surface area (Å²) in [5, 5.41) is 2.78. The van der Waals surface area contributed by atoms with Gasteiger partial charge in [-0.3, -0.25) is 9.78 Å². The van der Waals surface area contributed by atoms with Gasteiger partial charge in [0.1, 0.15) is 5.82 Å². The maximum absolute atomic E-state index is 13.9. The van der Waals surface area contributed by atoms with Crippen LogP contribution in [-0.4, -0.2) is 36.7 Å². The number of carbonyl (C=O) groups is 1. The number of nitrogens with one attached hydrogen (secondary N) is 1. The highest BCUT2D eigenvalue weighted by atomic mass is 32.2. The maximum atomic E-state index is 13.9. The third-order valence-electron chi connectivity index (χ3n) is 5.93. The number of hydrogen-bond acceptors (Lipinski definition) is 4. The number of sulfonamides is 1. The summed E-state index contributed by atoms with van der Waals surface area (Å²) in [6.45, 7) is 2.65. The number of pyridine rings is 1. The standard InChI is InChI=1S/C25H26FN3O3S/c1-18-11-12-22(25(30)27-17-20-7-5-6-10-23(20)26)24(28-18)19-13-15-29(16-14-19)33(31,32)21-8-3-2-4-9-21/h2-12,19H,13-17H2,1H3,(H,27,30). The van der Waals surface area contributed by atoms with Crippen LogP contribution in [0.2, 0.25) is 0 Å². The number of hydrogen-bond donors (Lipinski definition) is 1. The molecule has 1 amide bonds.